The Bertz CT molecular complexity index is 359. The number of carboxylic acids is 1. The van der Waals surface area contributed by atoms with E-state index in [1.54, 1.807) is 0 Å². The van der Waals surface area contributed by atoms with E-state index >= 15 is 0 Å². The minimum Gasteiger partial charge on any atom is -0.478 e. The number of nitrogens with two attached hydrogens (primary N) is 1. The predicted octanol–water partition coefficient (Wildman–Crippen LogP) is 1.95. The molecule has 6 heteroatoms. The number of carboxylic acid groups (broad SMARTS) is 1. The number of rotatable bonds is 2. The lowest BCUT2D eigenvalue weighted by atomic mass is 10.1. The maximum Gasteiger partial charge on any atom is 0.407 e. The van der Waals surface area contributed by atoms with Crippen LogP contribution in [0.25, 0.3) is 0 Å². The Morgan fingerprint density at radius 1 is 1.27 bits per heavy atom. The van der Waals surface area contributed by atoms with E-state index in [4.69, 9.17) is 10.8 Å². The summed E-state index contributed by atoms with van der Waals surface area (Å²) in [6.07, 6.45) is -4.52. The highest BCUT2D eigenvalue weighted by molar-refractivity contribution is 5.87. The minimum atomic E-state index is -4.52. The monoisotopic (exact) mass is 219 g/mol. The maximum atomic E-state index is 12.2. The summed E-state index contributed by atoms with van der Waals surface area (Å²) in [4.78, 5) is 10.4. The molecule has 0 aliphatic carbocycles. The topological polar surface area (TPSA) is 63.3 Å². The van der Waals surface area contributed by atoms with Gasteiger partial charge in [0, 0.05) is 0 Å². The van der Waals surface area contributed by atoms with Crippen molar-refractivity contribution in [3.05, 3.63) is 35.4 Å². The SMILES string of the molecule is N[C@@H](c1ccc(C(=O)O)cc1)C(F)(F)F. The molecule has 0 aromatic heterocycles. The molecule has 0 saturated heterocycles. The highest BCUT2D eigenvalue weighted by atomic mass is 19.4. The number of hydrogen-bond acceptors (Lipinski definition) is 2. The highest BCUT2D eigenvalue weighted by Gasteiger charge is 2.37. The van der Waals surface area contributed by atoms with Crippen LogP contribution in [0.1, 0.15) is 22.0 Å². The number of benzene rings is 1. The van der Waals surface area contributed by atoms with Crippen LogP contribution in [0, 0.1) is 0 Å². The van der Waals surface area contributed by atoms with E-state index in [1.165, 1.54) is 0 Å². The van der Waals surface area contributed by atoms with Gasteiger partial charge in [0.1, 0.15) is 6.04 Å². The molecular formula is C9H8F3NO2. The van der Waals surface area contributed by atoms with Gasteiger partial charge in [-0.1, -0.05) is 12.1 Å². The molecule has 1 atom stereocenters. The van der Waals surface area contributed by atoms with Crippen molar-refractivity contribution < 1.29 is 23.1 Å². The van der Waals surface area contributed by atoms with E-state index in [-0.39, 0.29) is 11.1 Å². The lowest BCUT2D eigenvalue weighted by molar-refractivity contribution is -0.149. The van der Waals surface area contributed by atoms with Crippen LogP contribution in [0.2, 0.25) is 0 Å². The van der Waals surface area contributed by atoms with Crippen molar-refractivity contribution in [2.24, 2.45) is 5.73 Å². The first kappa shape index (κ1) is 11.5. The number of carbonyl (C=O) groups is 1. The van der Waals surface area contributed by atoms with Crippen molar-refractivity contribution in [1.29, 1.82) is 0 Å². The van der Waals surface area contributed by atoms with Crippen molar-refractivity contribution in [2.75, 3.05) is 0 Å². The molecule has 0 heterocycles. The first-order valence-electron chi connectivity index (χ1n) is 3.98. The standard InChI is InChI=1S/C9H8F3NO2/c10-9(11,12)7(13)5-1-3-6(4-2-5)8(14)15/h1-4,7H,13H2,(H,14,15)/t7-/m0/s1. The maximum absolute atomic E-state index is 12.2. The summed E-state index contributed by atoms with van der Waals surface area (Å²) >= 11 is 0. The zero-order valence-corrected chi connectivity index (χ0v) is 7.45. The first-order chi connectivity index (χ1) is 6.82. The largest absolute Gasteiger partial charge is 0.478 e. The smallest absolute Gasteiger partial charge is 0.407 e. The molecule has 82 valence electrons. The molecule has 0 bridgehead atoms. The molecule has 0 aliphatic rings. The van der Waals surface area contributed by atoms with Crippen molar-refractivity contribution >= 4 is 5.97 Å². The Labute approximate surface area is 83.3 Å². The molecule has 0 aliphatic heterocycles. The van der Waals surface area contributed by atoms with Crippen molar-refractivity contribution in [1.82, 2.24) is 0 Å². The van der Waals surface area contributed by atoms with E-state index in [9.17, 15) is 18.0 Å². The van der Waals surface area contributed by atoms with Gasteiger partial charge in [-0.25, -0.2) is 4.79 Å². The molecule has 3 nitrogen and oxygen atoms in total. The summed E-state index contributed by atoms with van der Waals surface area (Å²) in [7, 11) is 0. The second-order valence-electron chi connectivity index (χ2n) is 2.95. The fraction of sp³-hybridized carbons (Fsp3) is 0.222. The van der Waals surface area contributed by atoms with E-state index in [1.807, 2.05) is 0 Å². The fourth-order valence-corrected chi connectivity index (χ4v) is 1.02. The number of alkyl halides is 3. The van der Waals surface area contributed by atoms with Crippen LogP contribution in [0.4, 0.5) is 13.2 Å². The van der Waals surface area contributed by atoms with Gasteiger partial charge in [-0.15, -0.1) is 0 Å². The molecule has 1 aromatic carbocycles. The zero-order chi connectivity index (χ0) is 11.6. The van der Waals surface area contributed by atoms with Gasteiger partial charge in [-0.05, 0) is 17.7 Å². The molecule has 15 heavy (non-hydrogen) atoms. The van der Waals surface area contributed by atoms with E-state index in [2.05, 4.69) is 0 Å². The summed E-state index contributed by atoms with van der Waals surface area (Å²) in [5, 5.41) is 8.52. The van der Waals surface area contributed by atoms with Gasteiger partial charge in [0.05, 0.1) is 5.56 Å². The summed E-state index contributed by atoms with van der Waals surface area (Å²) in [5.74, 6) is -1.19. The van der Waals surface area contributed by atoms with Crippen molar-refractivity contribution in [3.63, 3.8) is 0 Å². The lowest BCUT2D eigenvalue weighted by Crippen LogP contribution is -2.28. The highest BCUT2D eigenvalue weighted by Crippen LogP contribution is 2.30. The summed E-state index contributed by atoms with van der Waals surface area (Å²) < 4.78 is 36.5. The van der Waals surface area contributed by atoms with Crippen LogP contribution < -0.4 is 5.73 Å². The van der Waals surface area contributed by atoms with Crippen molar-refractivity contribution in [3.8, 4) is 0 Å². The van der Waals surface area contributed by atoms with Gasteiger partial charge in [0.15, 0.2) is 0 Å². The van der Waals surface area contributed by atoms with Gasteiger partial charge in [0.25, 0.3) is 0 Å². The molecule has 0 radical (unpaired) electrons. The Morgan fingerprint density at radius 3 is 2.07 bits per heavy atom. The molecule has 1 aromatic rings. The second kappa shape index (κ2) is 3.90. The second-order valence-corrected chi connectivity index (χ2v) is 2.95. The third-order valence-electron chi connectivity index (χ3n) is 1.87. The number of halogens is 3. The van der Waals surface area contributed by atoms with Crippen LogP contribution in [-0.2, 0) is 0 Å². The van der Waals surface area contributed by atoms with Crippen LogP contribution >= 0.6 is 0 Å². The lowest BCUT2D eigenvalue weighted by Gasteiger charge is -2.15. The van der Waals surface area contributed by atoms with Crippen LogP contribution in [0.15, 0.2) is 24.3 Å². The number of aromatic carboxylic acids is 1. The molecule has 3 N–H and O–H groups in total. The van der Waals surface area contributed by atoms with E-state index in [0.717, 1.165) is 24.3 Å². The average molecular weight is 219 g/mol. The summed E-state index contributed by atoms with van der Waals surface area (Å²) in [6, 6.07) is 2.20. The molecule has 0 spiro atoms. The van der Waals surface area contributed by atoms with Gasteiger partial charge in [0.2, 0.25) is 0 Å². The molecular weight excluding hydrogens is 211 g/mol. The van der Waals surface area contributed by atoms with Crippen LogP contribution in [0.3, 0.4) is 0 Å². The number of hydrogen-bond donors (Lipinski definition) is 2. The summed E-state index contributed by atoms with van der Waals surface area (Å²) in [6.45, 7) is 0. The quantitative estimate of drug-likeness (QED) is 0.798. The normalized spacial score (nSPS) is 13.6. The Kier molecular flexibility index (Phi) is 2.99. The Balaban J connectivity index is 2.94. The van der Waals surface area contributed by atoms with Gasteiger partial charge in [-0.3, -0.25) is 0 Å². The van der Waals surface area contributed by atoms with Gasteiger partial charge < -0.3 is 10.8 Å². The predicted molar refractivity (Wildman–Crippen MR) is 46.4 cm³/mol. The van der Waals surface area contributed by atoms with E-state index in [0.29, 0.717) is 0 Å². The van der Waals surface area contributed by atoms with E-state index < -0.39 is 18.2 Å². The molecule has 0 fully saturated rings. The molecule has 0 saturated carbocycles. The molecule has 0 unspecified atom stereocenters. The van der Waals surface area contributed by atoms with Gasteiger partial charge >= 0.3 is 12.1 Å². The van der Waals surface area contributed by atoms with Crippen molar-refractivity contribution in [2.45, 2.75) is 12.2 Å². The Hall–Kier alpha value is -1.56. The van der Waals surface area contributed by atoms with Crippen LogP contribution in [0.5, 0.6) is 0 Å². The molecule has 1 rings (SSSR count). The minimum absolute atomic E-state index is 0.0758. The van der Waals surface area contributed by atoms with Crippen LogP contribution in [-0.4, -0.2) is 17.3 Å². The van der Waals surface area contributed by atoms with Gasteiger partial charge in [-0.2, -0.15) is 13.2 Å². The third-order valence-corrected chi connectivity index (χ3v) is 1.87. The first-order valence-corrected chi connectivity index (χ1v) is 3.98. The average Bonchev–Trinajstić information content (AvgIpc) is 2.15. The summed E-state index contributed by atoms with van der Waals surface area (Å²) in [5.41, 5.74) is 4.69. The Morgan fingerprint density at radius 2 is 1.73 bits per heavy atom. The zero-order valence-electron chi connectivity index (χ0n) is 7.45. The molecule has 0 amide bonds. The fourth-order valence-electron chi connectivity index (χ4n) is 1.02. The third kappa shape index (κ3) is 2.69.